The normalized spacial score (nSPS) is 22.4. The van der Waals surface area contributed by atoms with E-state index in [0.29, 0.717) is 5.92 Å². The zero-order chi connectivity index (χ0) is 9.07. The Morgan fingerprint density at radius 2 is 1.91 bits per heavy atom. The van der Waals surface area contributed by atoms with Crippen molar-refractivity contribution >= 4 is 0 Å². The summed E-state index contributed by atoms with van der Waals surface area (Å²) >= 11 is 0. The zero-order valence-corrected chi connectivity index (χ0v) is 8.22. The lowest BCUT2D eigenvalue weighted by Crippen LogP contribution is -2.45. The predicted molar refractivity (Wildman–Crippen MR) is 46.5 cm³/mol. The van der Waals surface area contributed by atoms with Crippen molar-refractivity contribution in [3.05, 3.63) is 0 Å². The highest BCUT2D eigenvalue weighted by Crippen LogP contribution is 2.27. The van der Waals surface area contributed by atoms with Crippen LogP contribution in [0.1, 0.15) is 34.1 Å². The van der Waals surface area contributed by atoms with Gasteiger partial charge in [-0.05, 0) is 19.8 Å². The second-order valence-electron chi connectivity index (χ2n) is 3.37. The Bertz CT molecular complexity index is 112. The third-order valence-corrected chi connectivity index (χ3v) is 2.86. The molecule has 0 aromatic rings. The van der Waals surface area contributed by atoms with Gasteiger partial charge in [-0.1, -0.05) is 20.3 Å². The van der Waals surface area contributed by atoms with Crippen LogP contribution in [-0.4, -0.2) is 23.9 Å². The fourth-order valence-electron chi connectivity index (χ4n) is 1.19. The zero-order valence-electron chi connectivity index (χ0n) is 8.22. The van der Waals surface area contributed by atoms with Crippen LogP contribution in [0.25, 0.3) is 0 Å². The summed E-state index contributed by atoms with van der Waals surface area (Å²) < 4.78 is 5.30. The first kappa shape index (κ1) is 10.9. The summed E-state index contributed by atoms with van der Waals surface area (Å²) in [6, 6.07) is 0. The van der Waals surface area contributed by atoms with Crippen molar-refractivity contribution in [2.75, 3.05) is 7.11 Å². The van der Waals surface area contributed by atoms with E-state index in [1.165, 1.54) is 0 Å². The lowest BCUT2D eigenvalue weighted by Gasteiger charge is -2.36. The van der Waals surface area contributed by atoms with E-state index >= 15 is 0 Å². The first-order valence-electron chi connectivity index (χ1n) is 4.22. The summed E-state index contributed by atoms with van der Waals surface area (Å²) in [6.07, 6.45) is 0.609. The predicted octanol–water partition coefficient (Wildman–Crippen LogP) is 1.82. The number of ether oxygens (including phenoxy) is 1. The van der Waals surface area contributed by atoms with Gasteiger partial charge in [-0.25, -0.2) is 0 Å². The number of rotatable bonds is 4. The molecular formula is C9H20O2. The molecule has 0 spiro atoms. The number of hydrogen-bond donors (Lipinski definition) is 1. The standard InChI is InChI=1S/C9H20O2/c1-6-7(2)9(4,11-5)8(3)10/h7-8,10H,6H2,1-5H3. The highest BCUT2D eigenvalue weighted by atomic mass is 16.5. The maximum Gasteiger partial charge on any atom is 0.0930 e. The van der Waals surface area contributed by atoms with Crippen molar-refractivity contribution < 1.29 is 9.84 Å². The number of hydrogen-bond acceptors (Lipinski definition) is 2. The molecule has 11 heavy (non-hydrogen) atoms. The van der Waals surface area contributed by atoms with Gasteiger partial charge in [0.2, 0.25) is 0 Å². The molecule has 2 heteroatoms. The van der Waals surface area contributed by atoms with Crippen LogP contribution >= 0.6 is 0 Å². The summed E-state index contributed by atoms with van der Waals surface area (Å²) in [5, 5.41) is 9.45. The molecule has 0 heterocycles. The Morgan fingerprint density at radius 1 is 1.45 bits per heavy atom. The van der Waals surface area contributed by atoms with Gasteiger partial charge >= 0.3 is 0 Å². The van der Waals surface area contributed by atoms with Gasteiger partial charge in [0.15, 0.2) is 0 Å². The van der Waals surface area contributed by atoms with E-state index in [9.17, 15) is 5.11 Å². The second kappa shape index (κ2) is 4.07. The Kier molecular flexibility index (Phi) is 4.04. The quantitative estimate of drug-likeness (QED) is 0.679. The third kappa shape index (κ3) is 2.17. The summed E-state index contributed by atoms with van der Waals surface area (Å²) in [7, 11) is 1.65. The van der Waals surface area contributed by atoms with Crippen molar-refractivity contribution in [2.45, 2.75) is 45.8 Å². The van der Waals surface area contributed by atoms with E-state index in [0.717, 1.165) is 6.42 Å². The van der Waals surface area contributed by atoms with E-state index in [-0.39, 0.29) is 0 Å². The molecule has 68 valence electrons. The van der Waals surface area contributed by atoms with Crippen molar-refractivity contribution in [3.8, 4) is 0 Å². The van der Waals surface area contributed by atoms with E-state index in [1.807, 2.05) is 6.92 Å². The largest absolute Gasteiger partial charge is 0.390 e. The molecule has 0 aliphatic heterocycles. The molecule has 0 fully saturated rings. The van der Waals surface area contributed by atoms with Crippen LogP contribution in [0.3, 0.4) is 0 Å². The Labute approximate surface area is 69.6 Å². The van der Waals surface area contributed by atoms with Crippen molar-refractivity contribution in [3.63, 3.8) is 0 Å². The molecule has 0 saturated carbocycles. The average molecular weight is 160 g/mol. The second-order valence-corrected chi connectivity index (χ2v) is 3.37. The Morgan fingerprint density at radius 3 is 2.00 bits per heavy atom. The van der Waals surface area contributed by atoms with Gasteiger partial charge in [0.25, 0.3) is 0 Å². The Balaban J connectivity index is 4.32. The minimum Gasteiger partial charge on any atom is -0.390 e. The van der Waals surface area contributed by atoms with Crippen LogP contribution in [0.15, 0.2) is 0 Å². The third-order valence-electron chi connectivity index (χ3n) is 2.86. The molecule has 0 saturated heterocycles. The average Bonchev–Trinajstić information content (AvgIpc) is 2.01. The van der Waals surface area contributed by atoms with Crippen LogP contribution in [0.2, 0.25) is 0 Å². The monoisotopic (exact) mass is 160 g/mol. The Hall–Kier alpha value is -0.0800. The van der Waals surface area contributed by atoms with Gasteiger partial charge in [0, 0.05) is 7.11 Å². The molecule has 0 aromatic carbocycles. The van der Waals surface area contributed by atoms with Gasteiger partial charge in [0.1, 0.15) is 0 Å². The van der Waals surface area contributed by atoms with E-state index < -0.39 is 11.7 Å². The summed E-state index contributed by atoms with van der Waals surface area (Å²) in [5.74, 6) is 0.382. The maximum absolute atomic E-state index is 9.45. The highest BCUT2D eigenvalue weighted by Gasteiger charge is 2.34. The van der Waals surface area contributed by atoms with E-state index in [2.05, 4.69) is 13.8 Å². The lowest BCUT2D eigenvalue weighted by atomic mass is 9.84. The number of methoxy groups -OCH3 is 1. The molecule has 0 aliphatic carbocycles. The highest BCUT2D eigenvalue weighted by molar-refractivity contribution is 4.85. The van der Waals surface area contributed by atoms with E-state index in [1.54, 1.807) is 14.0 Å². The van der Waals surface area contributed by atoms with Crippen LogP contribution in [0.4, 0.5) is 0 Å². The SMILES string of the molecule is CCC(C)C(C)(OC)C(C)O. The fraction of sp³-hybridized carbons (Fsp3) is 1.00. The molecule has 2 nitrogen and oxygen atoms in total. The van der Waals surface area contributed by atoms with Crippen LogP contribution in [0.5, 0.6) is 0 Å². The molecule has 0 bridgehead atoms. The minimum atomic E-state index is -0.414. The number of aliphatic hydroxyl groups excluding tert-OH is 1. The van der Waals surface area contributed by atoms with Crippen LogP contribution < -0.4 is 0 Å². The summed E-state index contributed by atoms with van der Waals surface area (Å²) in [4.78, 5) is 0. The topological polar surface area (TPSA) is 29.5 Å². The van der Waals surface area contributed by atoms with Gasteiger partial charge in [-0.15, -0.1) is 0 Å². The maximum atomic E-state index is 9.45. The molecule has 3 atom stereocenters. The smallest absolute Gasteiger partial charge is 0.0930 e. The molecule has 0 aliphatic rings. The van der Waals surface area contributed by atoms with Crippen molar-refractivity contribution in [2.24, 2.45) is 5.92 Å². The van der Waals surface area contributed by atoms with Gasteiger partial charge < -0.3 is 9.84 Å². The molecule has 0 aromatic heterocycles. The lowest BCUT2D eigenvalue weighted by molar-refractivity contribution is -0.116. The number of aliphatic hydroxyl groups is 1. The molecule has 0 amide bonds. The molecule has 1 N–H and O–H groups in total. The minimum absolute atomic E-state index is 0.382. The summed E-state index contributed by atoms with van der Waals surface area (Å²) in [5.41, 5.74) is -0.394. The van der Waals surface area contributed by atoms with Crippen LogP contribution in [-0.2, 0) is 4.74 Å². The molecule has 0 radical (unpaired) electrons. The van der Waals surface area contributed by atoms with Gasteiger partial charge in [0.05, 0.1) is 11.7 Å². The first-order chi connectivity index (χ1) is 4.99. The molecule has 3 unspecified atom stereocenters. The molecular weight excluding hydrogens is 140 g/mol. The summed E-state index contributed by atoms with van der Waals surface area (Å²) in [6.45, 7) is 7.92. The van der Waals surface area contributed by atoms with E-state index in [4.69, 9.17) is 4.74 Å². The molecule has 0 rings (SSSR count). The fourth-order valence-corrected chi connectivity index (χ4v) is 1.19. The van der Waals surface area contributed by atoms with Crippen LogP contribution in [0, 0.1) is 5.92 Å². The van der Waals surface area contributed by atoms with Crippen molar-refractivity contribution in [1.82, 2.24) is 0 Å². The van der Waals surface area contributed by atoms with Gasteiger partial charge in [-0.2, -0.15) is 0 Å². The van der Waals surface area contributed by atoms with Crippen molar-refractivity contribution in [1.29, 1.82) is 0 Å². The first-order valence-corrected chi connectivity index (χ1v) is 4.22. The van der Waals surface area contributed by atoms with Gasteiger partial charge in [-0.3, -0.25) is 0 Å².